The first kappa shape index (κ1) is 15.2. The molecule has 0 saturated carbocycles. The fraction of sp³-hybridized carbons (Fsp3) is 0.733. The van der Waals surface area contributed by atoms with E-state index in [9.17, 15) is 9.90 Å². The normalized spacial score (nSPS) is 19.2. The number of piperidine rings is 1. The van der Waals surface area contributed by atoms with Crippen molar-refractivity contribution in [2.24, 2.45) is 5.92 Å². The van der Waals surface area contributed by atoms with Crippen LogP contribution in [0.4, 0.5) is 0 Å². The number of aliphatic hydroxyl groups is 1. The minimum absolute atomic E-state index is 0.0520. The molecular formula is C15H25N3O2. The van der Waals surface area contributed by atoms with Gasteiger partial charge in [0.05, 0.1) is 19.0 Å². The van der Waals surface area contributed by atoms with Crippen molar-refractivity contribution >= 4 is 0 Å². The Hall–Kier alpha value is -1.20. The molecule has 1 aromatic heterocycles. The van der Waals surface area contributed by atoms with E-state index in [4.69, 9.17) is 0 Å². The number of aliphatic hydroxyl groups excluding tert-OH is 1. The molecule has 0 aromatic carbocycles. The van der Waals surface area contributed by atoms with E-state index in [1.165, 1.54) is 23.7 Å². The molecule has 1 fully saturated rings. The van der Waals surface area contributed by atoms with Crippen molar-refractivity contribution in [3.8, 4) is 0 Å². The average molecular weight is 279 g/mol. The van der Waals surface area contributed by atoms with Gasteiger partial charge in [0.2, 0.25) is 0 Å². The van der Waals surface area contributed by atoms with Crippen LogP contribution >= 0.6 is 0 Å². The summed E-state index contributed by atoms with van der Waals surface area (Å²) in [4.78, 5) is 18.5. The van der Waals surface area contributed by atoms with Crippen molar-refractivity contribution < 1.29 is 5.11 Å². The van der Waals surface area contributed by atoms with Crippen LogP contribution in [0.1, 0.15) is 31.0 Å². The fourth-order valence-corrected chi connectivity index (χ4v) is 2.63. The van der Waals surface area contributed by atoms with Crippen LogP contribution in [0, 0.1) is 19.8 Å². The zero-order valence-electron chi connectivity index (χ0n) is 12.7. The average Bonchev–Trinajstić information content (AvgIpc) is 2.42. The van der Waals surface area contributed by atoms with E-state index in [0.29, 0.717) is 18.7 Å². The summed E-state index contributed by atoms with van der Waals surface area (Å²) in [5.74, 6) is 0.787. The van der Waals surface area contributed by atoms with Gasteiger partial charge in [0.1, 0.15) is 0 Å². The van der Waals surface area contributed by atoms with Crippen LogP contribution in [0.25, 0.3) is 0 Å². The Kier molecular flexibility index (Phi) is 4.94. The fourth-order valence-electron chi connectivity index (χ4n) is 2.63. The quantitative estimate of drug-likeness (QED) is 0.891. The minimum atomic E-state index is -0.523. The Bertz CT molecular complexity index is 504. The van der Waals surface area contributed by atoms with Crippen LogP contribution in [0.5, 0.6) is 0 Å². The third kappa shape index (κ3) is 3.67. The third-order valence-electron chi connectivity index (χ3n) is 4.27. The van der Waals surface area contributed by atoms with Crippen molar-refractivity contribution in [1.29, 1.82) is 0 Å². The lowest BCUT2D eigenvalue weighted by Gasteiger charge is -2.31. The van der Waals surface area contributed by atoms with Crippen molar-refractivity contribution in [2.45, 2.75) is 46.3 Å². The second kappa shape index (κ2) is 6.50. The van der Waals surface area contributed by atoms with Gasteiger partial charge in [-0.2, -0.15) is 0 Å². The molecule has 1 aromatic rings. The molecule has 20 heavy (non-hydrogen) atoms. The van der Waals surface area contributed by atoms with Crippen molar-refractivity contribution in [2.75, 3.05) is 19.6 Å². The van der Waals surface area contributed by atoms with E-state index >= 15 is 0 Å². The molecule has 1 N–H and O–H groups in total. The Morgan fingerprint density at radius 2 is 2.00 bits per heavy atom. The summed E-state index contributed by atoms with van der Waals surface area (Å²) >= 11 is 0. The molecule has 2 rings (SSSR count). The van der Waals surface area contributed by atoms with Gasteiger partial charge in [-0.05, 0) is 45.7 Å². The van der Waals surface area contributed by atoms with Crippen LogP contribution in [-0.4, -0.2) is 45.3 Å². The maximum atomic E-state index is 12.1. The van der Waals surface area contributed by atoms with E-state index < -0.39 is 6.10 Å². The second-order valence-electron chi connectivity index (χ2n) is 6.05. The molecule has 0 aliphatic carbocycles. The molecule has 0 bridgehead atoms. The molecule has 1 aliphatic heterocycles. The molecular weight excluding hydrogens is 254 g/mol. The zero-order valence-corrected chi connectivity index (χ0v) is 12.7. The molecule has 0 radical (unpaired) electrons. The first-order valence-electron chi connectivity index (χ1n) is 7.40. The number of nitrogens with zero attached hydrogens (tertiary/aromatic N) is 3. The molecule has 1 saturated heterocycles. The molecule has 0 amide bonds. The van der Waals surface area contributed by atoms with Crippen molar-refractivity contribution in [1.82, 2.24) is 14.5 Å². The monoisotopic (exact) mass is 279 g/mol. The maximum absolute atomic E-state index is 12.1. The van der Waals surface area contributed by atoms with Crippen molar-refractivity contribution in [3.63, 3.8) is 0 Å². The van der Waals surface area contributed by atoms with Crippen LogP contribution < -0.4 is 5.56 Å². The summed E-state index contributed by atoms with van der Waals surface area (Å²) in [7, 11) is 0. The van der Waals surface area contributed by atoms with Crippen LogP contribution in [0.15, 0.2) is 11.1 Å². The first-order chi connectivity index (χ1) is 9.47. The van der Waals surface area contributed by atoms with Gasteiger partial charge in [-0.15, -0.1) is 0 Å². The second-order valence-corrected chi connectivity index (χ2v) is 6.05. The Morgan fingerprint density at radius 3 is 2.65 bits per heavy atom. The van der Waals surface area contributed by atoms with Crippen LogP contribution in [0.2, 0.25) is 0 Å². The van der Waals surface area contributed by atoms with E-state index in [1.54, 1.807) is 6.92 Å². The number of aryl methyl sites for hydroxylation is 1. The van der Waals surface area contributed by atoms with Crippen molar-refractivity contribution in [3.05, 3.63) is 27.9 Å². The predicted octanol–water partition coefficient (Wildman–Crippen LogP) is 0.953. The molecule has 2 heterocycles. The topological polar surface area (TPSA) is 58.4 Å². The third-order valence-corrected chi connectivity index (χ3v) is 4.27. The number of hydrogen-bond donors (Lipinski definition) is 1. The van der Waals surface area contributed by atoms with E-state index in [1.807, 2.05) is 6.92 Å². The highest BCUT2D eigenvalue weighted by Gasteiger charge is 2.19. The highest BCUT2D eigenvalue weighted by molar-refractivity contribution is 5.12. The van der Waals surface area contributed by atoms with Gasteiger partial charge >= 0.3 is 0 Å². The smallest absolute Gasteiger partial charge is 0.256 e. The first-order valence-corrected chi connectivity index (χ1v) is 7.40. The molecule has 5 heteroatoms. The number of β-amino-alcohol motifs (C(OH)–C–C–N with tert-alkyl or cyclic N) is 1. The molecule has 112 valence electrons. The lowest BCUT2D eigenvalue weighted by atomic mass is 9.99. The predicted molar refractivity (Wildman–Crippen MR) is 78.8 cm³/mol. The molecule has 1 aliphatic rings. The largest absolute Gasteiger partial charge is 0.390 e. The number of aromatic nitrogens is 2. The van der Waals surface area contributed by atoms with E-state index in [-0.39, 0.29) is 5.56 Å². The lowest BCUT2D eigenvalue weighted by molar-refractivity contribution is 0.0792. The highest BCUT2D eigenvalue weighted by Crippen LogP contribution is 2.16. The van der Waals surface area contributed by atoms with Gasteiger partial charge < -0.3 is 10.0 Å². The standard InChI is InChI=1S/C15H25N3O2/c1-11-4-6-17(7-5-11)8-14(19)9-18-10-16-13(3)12(2)15(18)20/h10-11,14,19H,4-9H2,1-3H3/t14-/m1/s1. The van der Waals surface area contributed by atoms with Gasteiger partial charge in [-0.3, -0.25) is 9.36 Å². The number of likely N-dealkylation sites (tertiary alicyclic amines) is 1. The highest BCUT2D eigenvalue weighted by atomic mass is 16.3. The van der Waals surface area contributed by atoms with E-state index in [2.05, 4.69) is 16.8 Å². The maximum Gasteiger partial charge on any atom is 0.256 e. The summed E-state index contributed by atoms with van der Waals surface area (Å²) in [6.07, 6.45) is 3.40. The SMILES string of the molecule is Cc1ncn(C[C@H](O)CN2CCC(C)CC2)c(=O)c1C. The Labute approximate surface area is 120 Å². The van der Waals surface area contributed by atoms with E-state index in [0.717, 1.165) is 24.7 Å². The molecule has 1 atom stereocenters. The summed E-state index contributed by atoms with van der Waals surface area (Å²) < 4.78 is 1.51. The lowest BCUT2D eigenvalue weighted by Crippen LogP contribution is -2.41. The van der Waals surface area contributed by atoms with Gasteiger partial charge in [0, 0.05) is 17.8 Å². The number of rotatable bonds is 4. The Balaban J connectivity index is 1.93. The molecule has 0 spiro atoms. The number of hydrogen-bond acceptors (Lipinski definition) is 4. The zero-order chi connectivity index (χ0) is 14.7. The summed E-state index contributed by atoms with van der Waals surface area (Å²) in [5.41, 5.74) is 1.36. The minimum Gasteiger partial charge on any atom is -0.390 e. The van der Waals surface area contributed by atoms with Crippen LogP contribution in [-0.2, 0) is 6.54 Å². The summed E-state index contributed by atoms with van der Waals surface area (Å²) in [6, 6.07) is 0. The van der Waals surface area contributed by atoms with Gasteiger partial charge in [-0.1, -0.05) is 6.92 Å². The summed E-state index contributed by atoms with van der Waals surface area (Å²) in [5, 5.41) is 10.2. The van der Waals surface area contributed by atoms with Crippen LogP contribution in [0.3, 0.4) is 0 Å². The Morgan fingerprint density at radius 1 is 1.35 bits per heavy atom. The van der Waals surface area contributed by atoms with Gasteiger partial charge in [0.15, 0.2) is 0 Å². The molecule has 0 unspecified atom stereocenters. The molecule has 5 nitrogen and oxygen atoms in total. The van der Waals surface area contributed by atoms with Gasteiger partial charge in [-0.25, -0.2) is 4.98 Å². The van der Waals surface area contributed by atoms with Gasteiger partial charge in [0.25, 0.3) is 5.56 Å². The summed E-state index contributed by atoms with van der Waals surface area (Å²) in [6.45, 7) is 8.90.